The van der Waals surface area contributed by atoms with Gasteiger partial charge >= 0.3 is 0 Å². The third kappa shape index (κ3) is 3.39. The number of hydrogen-bond acceptors (Lipinski definition) is 2. The van der Waals surface area contributed by atoms with Gasteiger partial charge in [-0.3, -0.25) is 4.79 Å². The van der Waals surface area contributed by atoms with Crippen molar-refractivity contribution in [3.8, 4) is 0 Å². The van der Waals surface area contributed by atoms with Crippen molar-refractivity contribution in [3.05, 3.63) is 29.0 Å². The van der Waals surface area contributed by atoms with E-state index in [1.165, 1.54) is 0 Å². The second kappa shape index (κ2) is 6.26. The maximum Gasteiger partial charge on any atom is 0.217 e. The number of carbonyl (C=O) groups is 1. The summed E-state index contributed by atoms with van der Waals surface area (Å²) in [7, 11) is 0. The van der Waals surface area contributed by atoms with E-state index in [-0.39, 0.29) is 5.91 Å². The summed E-state index contributed by atoms with van der Waals surface area (Å²) in [6.45, 7) is 0.702. The quantitative estimate of drug-likeness (QED) is 0.834. The smallest absolute Gasteiger partial charge is 0.217 e. The molecule has 1 aromatic carbocycles. The van der Waals surface area contributed by atoms with Crippen LogP contribution in [0.1, 0.15) is 18.7 Å². The van der Waals surface area contributed by atoms with Crippen molar-refractivity contribution in [3.63, 3.8) is 0 Å². The van der Waals surface area contributed by atoms with Crippen molar-refractivity contribution in [2.45, 2.75) is 25.8 Å². The van der Waals surface area contributed by atoms with Crippen molar-refractivity contribution in [1.29, 1.82) is 0 Å². The molecule has 0 bridgehead atoms. The van der Waals surface area contributed by atoms with Crippen LogP contribution < -0.4 is 5.73 Å². The van der Waals surface area contributed by atoms with Crippen molar-refractivity contribution in [1.82, 2.24) is 9.55 Å². The lowest BCUT2D eigenvalue weighted by atomic mass is 10.2. The highest BCUT2D eigenvalue weighted by molar-refractivity contribution is 6.31. The lowest BCUT2D eigenvalue weighted by molar-refractivity contribution is -0.118. The topological polar surface area (TPSA) is 60.9 Å². The number of nitrogens with two attached hydrogens (primary N) is 1. The number of imidazole rings is 1. The standard InChI is InChI=1S/C13H15Cl2N3O/c14-6-5-13-17-10-8-9(15)3-4-11(10)18(13)7-1-2-12(16)19/h3-4,8H,1-2,5-7H2,(H2,16,19). The number of fused-ring (bicyclic) bond motifs is 1. The van der Waals surface area contributed by atoms with Crippen molar-refractivity contribution >= 4 is 40.1 Å². The molecule has 0 atom stereocenters. The maximum absolute atomic E-state index is 10.8. The maximum atomic E-state index is 10.8. The number of halogens is 2. The van der Waals surface area contributed by atoms with Crippen LogP contribution in [0.4, 0.5) is 0 Å². The molecule has 19 heavy (non-hydrogen) atoms. The summed E-state index contributed by atoms with van der Waals surface area (Å²) in [5, 5.41) is 0.659. The number of benzene rings is 1. The van der Waals surface area contributed by atoms with Gasteiger partial charge in [0.1, 0.15) is 5.82 Å². The fourth-order valence-corrected chi connectivity index (χ4v) is 2.42. The van der Waals surface area contributed by atoms with Gasteiger partial charge in [-0.1, -0.05) is 11.6 Å². The highest BCUT2D eigenvalue weighted by Crippen LogP contribution is 2.21. The second-order valence-electron chi connectivity index (χ2n) is 4.32. The Balaban J connectivity index is 2.31. The van der Waals surface area contributed by atoms with Crippen LogP contribution in [0.3, 0.4) is 0 Å². The van der Waals surface area contributed by atoms with E-state index in [1.807, 2.05) is 18.2 Å². The molecular weight excluding hydrogens is 285 g/mol. The summed E-state index contributed by atoms with van der Waals surface area (Å²) in [5.74, 6) is 1.13. The van der Waals surface area contributed by atoms with Crippen molar-refractivity contribution in [2.24, 2.45) is 5.73 Å². The molecule has 1 aromatic heterocycles. The Bertz CT molecular complexity index is 595. The lowest BCUT2D eigenvalue weighted by Crippen LogP contribution is -2.12. The van der Waals surface area contributed by atoms with E-state index in [0.717, 1.165) is 16.9 Å². The number of rotatable bonds is 6. The first kappa shape index (κ1) is 14.2. The zero-order chi connectivity index (χ0) is 13.8. The van der Waals surface area contributed by atoms with E-state index >= 15 is 0 Å². The molecule has 0 aliphatic rings. The monoisotopic (exact) mass is 299 g/mol. The van der Waals surface area contributed by atoms with Crippen LogP contribution in [-0.4, -0.2) is 21.3 Å². The molecule has 1 amide bonds. The van der Waals surface area contributed by atoms with Crippen molar-refractivity contribution < 1.29 is 4.79 Å². The summed E-state index contributed by atoms with van der Waals surface area (Å²) in [4.78, 5) is 15.3. The first-order chi connectivity index (χ1) is 9.11. The number of aromatic nitrogens is 2. The van der Waals surface area contributed by atoms with Crippen molar-refractivity contribution in [2.75, 3.05) is 5.88 Å². The first-order valence-electron chi connectivity index (χ1n) is 6.10. The average molecular weight is 300 g/mol. The van der Waals surface area contributed by atoms with Gasteiger partial charge in [0.15, 0.2) is 0 Å². The zero-order valence-corrected chi connectivity index (χ0v) is 11.9. The molecule has 0 fully saturated rings. The number of nitrogens with zero attached hydrogens (tertiary/aromatic N) is 2. The zero-order valence-electron chi connectivity index (χ0n) is 10.4. The van der Waals surface area contributed by atoms with Gasteiger partial charge in [-0.15, -0.1) is 11.6 Å². The molecule has 0 unspecified atom stereocenters. The van der Waals surface area contributed by atoms with Gasteiger partial charge in [0.2, 0.25) is 5.91 Å². The minimum absolute atomic E-state index is 0.286. The summed E-state index contributed by atoms with van der Waals surface area (Å²) >= 11 is 11.8. The van der Waals surface area contributed by atoms with E-state index in [0.29, 0.717) is 36.7 Å². The first-order valence-corrected chi connectivity index (χ1v) is 7.02. The Morgan fingerprint density at radius 1 is 1.42 bits per heavy atom. The van der Waals surface area contributed by atoms with Crippen LogP contribution >= 0.6 is 23.2 Å². The predicted octanol–water partition coefficient (Wildman–Crippen LogP) is 2.74. The molecule has 102 valence electrons. The Hall–Kier alpha value is -1.26. The van der Waals surface area contributed by atoms with Crippen LogP contribution in [0.15, 0.2) is 18.2 Å². The Morgan fingerprint density at radius 3 is 2.89 bits per heavy atom. The molecule has 0 radical (unpaired) electrons. The van der Waals surface area contributed by atoms with E-state index in [4.69, 9.17) is 28.9 Å². The third-order valence-electron chi connectivity index (χ3n) is 2.91. The molecular formula is C13H15Cl2N3O. The lowest BCUT2D eigenvalue weighted by Gasteiger charge is -2.07. The molecule has 0 saturated heterocycles. The Morgan fingerprint density at radius 2 is 2.21 bits per heavy atom. The number of amides is 1. The molecule has 0 aliphatic heterocycles. The van der Waals surface area contributed by atoms with Gasteiger partial charge in [-0.2, -0.15) is 0 Å². The summed E-state index contributed by atoms with van der Waals surface area (Å²) < 4.78 is 2.08. The summed E-state index contributed by atoms with van der Waals surface area (Å²) in [6.07, 6.45) is 1.75. The number of primary amides is 1. The highest BCUT2D eigenvalue weighted by atomic mass is 35.5. The molecule has 0 saturated carbocycles. The molecule has 2 N–H and O–H groups in total. The number of aryl methyl sites for hydroxylation is 2. The number of hydrogen-bond donors (Lipinski definition) is 1. The highest BCUT2D eigenvalue weighted by Gasteiger charge is 2.10. The van der Waals surface area contributed by atoms with Gasteiger partial charge in [-0.05, 0) is 24.6 Å². The summed E-state index contributed by atoms with van der Waals surface area (Å²) in [5.41, 5.74) is 7.02. The Kier molecular flexibility index (Phi) is 4.66. The fraction of sp³-hybridized carbons (Fsp3) is 0.385. The van der Waals surface area contributed by atoms with Gasteiger partial charge in [0.25, 0.3) is 0 Å². The minimum Gasteiger partial charge on any atom is -0.370 e. The van der Waals surface area contributed by atoms with E-state index in [1.54, 1.807) is 0 Å². The molecule has 6 heteroatoms. The molecule has 2 rings (SSSR count). The fourth-order valence-electron chi connectivity index (χ4n) is 2.09. The minimum atomic E-state index is -0.286. The molecule has 2 aromatic rings. The molecule has 1 heterocycles. The average Bonchev–Trinajstić information content (AvgIpc) is 2.66. The van der Waals surface area contributed by atoms with E-state index in [9.17, 15) is 4.79 Å². The molecule has 4 nitrogen and oxygen atoms in total. The van der Waals surface area contributed by atoms with E-state index < -0.39 is 0 Å². The second-order valence-corrected chi connectivity index (χ2v) is 5.14. The van der Waals surface area contributed by atoms with Gasteiger partial charge in [-0.25, -0.2) is 4.98 Å². The van der Waals surface area contributed by atoms with Gasteiger partial charge in [0.05, 0.1) is 11.0 Å². The van der Waals surface area contributed by atoms with Crippen LogP contribution in [0.25, 0.3) is 11.0 Å². The van der Waals surface area contributed by atoms with Gasteiger partial charge < -0.3 is 10.3 Å². The number of alkyl halides is 1. The van der Waals surface area contributed by atoms with E-state index in [2.05, 4.69) is 9.55 Å². The third-order valence-corrected chi connectivity index (χ3v) is 3.34. The van der Waals surface area contributed by atoms with Crippen LogP contribution in [-0.2, 0) is 17.8 Å². The molecule has 0 spiro atoms. The molecule has 0 aliphatic carbocycles. The van der Waals surface area contributed by atoms with Gasteiger partial charge in [0, 0.05) is 30.3 Å². The SMILES string of the molecule is NC(=O)CCCn1c(CCCl)nc2cc(Cl)ccc21. The van der Waals surface area contributed by atoms with Crippen LogP contribution in [0.5, 0.6) is 0 Å². The Labute approximate surface area is 121 Å². The number of carbonyl (C=O) groups excluding carboxylic acids is 1. The normalized spacial score (nSPS) is 11.1. The summed E-state index contributed by atoms with van der Waals surface area (Å²) in [6, 6.07) is 5.60. The predicted molar refractivity (Wildman–Crippen MR) is 77.6 cm³/mol. The van der Waals surface area contributed by atoms with Crippen LogP contribution in [0, 0.1) is 0 Å². The largest absolute Gasteiger partial charge is 0.370 e. The van der Waals surface area contributed by atoms with Crippen LogP contribution in [0.2, 0.25) is 5.02 Å².